The molecule has 0 aliphatic rings. The first-order valence-electron chi connectivity index (χ1n) is 14.3. The number of hydrogen-bond acceptors (Lipinski definition) is 6. The van der Waals surface area contributed by atoms with E-state index in [0.29, 0.717) is 11.5 Å². The molecule has 6 heteroatoms. The van der Waals surface area contributed by atoms with E-state index in [1.54, 1.807) is 12.1 Å². The number of carbonyl (C=O) groups excluding carboxylic acids is 1. The SMILES string of the molecule is C=C(CO)C(=O)OOc1ccc(-c2ccc(-c3ccc(-c4ccc(OOC)cc4)cc3CCCCCCC)cc2)cc1. The summed E-state index contributed by atoms with van der Waals surface area (Å²) in [5.74, 6) is 0.239. The molecule has 0 unspecified atom stereocenters. The summed E-state index contributed by atoms with van der Waals surface area (Å²) in [5.41, 5.74) is 8.06. The first kappa shape index (κ1) is 30.6. The second-order valence-corrected chi connectivity index (χ2v) is 10.1. The van der Waals surface area contributed by atoms with Crippen molar-refractivity contribution in [2.75, 3.05) is 13.7 Å². The molecule has 0 radical (unpaired) electrons. The van der Waals surface area contributed by atoms with Crippen LogP contribution in [0.1, 0.15) is 44.6 Å². The predicted octanol–water partition coefficient (Wildman–Crippen LogP) is 8.53. The lowest BCUT2D eigenvalue weighted by Crippen LogP contribution is -2.12. The zero-order valence-corrected chi connectivity index (χ0v) is 24.3. The Kier molecular flexibility index (Phi) is 11.3. The number of benzene rings is 4. The minimum Gasteiger partial charge on any atom is -0.391 e. The fraction of sp³-hybridized carbons (Fsp3) is 0.250. The molecular formula is C36H38O6. The number of aryl methyl sites for hydroxylation is 1. The van der Waals surface area contributed by atoms with E-state index >= 15 is 0 Å². The first-order valence-corrected chi connectivity index (χ1v) is 14.3. The average molecular weight is 567 g/mol. The van der Waals surface area contributed by atoms with Crippen LogP contribution in [0.5, 0.6) is 11.5 Å². The molecule has 0 amide bonds. The molecule has 0 spiro atoms. The quantitative estimate of drug-likeness (QED) is 0.0673. The normalized spacial score (nSPS) is 10.7. The second kappa shape index (κ2) is 15.6. The maximum absolute atomic E-state index is 11.6. The fourth-order valence-corrected chi connectivity index (χ4v) is 4.73. The van der Waals surface area contributed by atoms with Gasteiger partial charge in [-0.15, -0.1) is 0 Å². The summed E-state index contributed by atoms with van der Waals surface area (Å²) >= 11 is 0. The van der Waals surface area contributed by atoms with Gasteiger partial charge in [-0.05, 0) is 76.1 Å². The predicted molar refractivity (Wildman–Crippen MR) is 166 cm³/mol. The number of carbonyl (C=O) groups is 1. The Morgan fingerprint density at radius 2 is 1.21 bits per heavy atom. The minimum absolute atomic E-state index is 0.0762. The molecule has 218 valence electrons. The van der Waals surface area contributed by atoms with Crippen molar-refractivity contribution in [2.24, 2.45) is 0 Å². The summed E-state index contributed by atoms with van der Waals surface area (Å²) in [6.07, 6.45) is 7.20. The summed E-state index contributed by atoms with van der Waals surface area (Å²) in [4.78, 5) is 31.3. The lowest BCUT2D eigenvalue weighted by atomic mass is 9.91. The molecule has 0 bridgehead atoms. The van der Waals surface area contributed by atoms with Crippen LogP contribution in [0.2, 0.25) is 0 Å². The number of rotatable bonds is 15. The summed E-state index contributed by atoms with van der Waals surface area (Å²) in [6, 6.07) is 30.4. The Hall–Kier alpha value is -4.39. The Bertz CT molecular complexity index is 1440. The lowest BCUT2D eigenvalue weighted by molar-refractivity contribution is -0.209. The van der Waals surface area contributed by atoms with Gasteiger partial charge in [-0.1, -0.05) is 106 Å². The highest BCUT2D eigenvalue weighted by atomic mass is 17.2. The molecule has 4 aromatic rings. The molecular weight excluding hydrogens is 528 g/mol. The Morgan fingerprint density at radius 3 is 1.81 bits per heavy atom. The third-order valence-electron chi connectivity index (χ3n) is 7.10. The van der Waals surface area contributed by atoms with Crippen LogP contribution in [0.25, 0.3) is 33.4 Å². The molecule has 0 heterocycles. The number of aliphatic hydroxyl groups is 1. The van der Waals surface area contributed by atoms with E-state index in [0.717, 1.165) is 29.5 Å². The van der Waals surface area contributed by atoms with Gasteiger partial charge in [0.1, 0.15) is 0 Å². The van der Waals surface area contributed by atoms with Crippen LogP contribution < -0.4 is 9.78 Å². The van der Waals surface area contributed by atoms with Gasteiger partial charge in [-0.3, -0.25) is 4.89 Å². The summed E-state index contributed by atoms with van der Waals surface area (Å²) in [7, 11) is 1.50. The smallest absolute Gasteiger partial charge is 0.383 e. The zero-order chi connectivity index (χ0) is 29.7. The monoisotopic (exact) mass is 566 g/mol. The molecule has 4 rings (SSSR count). The van der Waals surface area contributed by atoms with Crippen LogP contribution >= 0.6 is 0 Å². The largest absolute Gasteiger partial charge is 0.391 e. The van der Waals surface area contributed by atoms with Gasteiger partial charge >= 0.3 is 5.97 Å². The van der Waals surface area contributed by atoms with Crippen LogP contribution in [-0.2, 0) is 21.0 Å². The highest BCUT2D eigenvalue weighted by Gasteiger charge is 2.11. The van der Waals surface area contributed by atoms with Gasteiger partial charge in [-0.25, -0.2) is 9.68 Å². The van der Waals surface area contributed by atoms with E-state index < -0.39 is 12.6 Å². The third-order valence-corrected chi connectivity index (χ3v) is 7.10. The third kappa shape index (κ3) is 8.32. The van der Waals surface area contributed by atoms with Gasteiger partial charge in [0.2, 0.25) is 0 Å². The average Bonchev–Trinajstić information content (AvgIpc) is 3.04. The Labute approximate surface area is 248 Å². The van der Waals surface area contributed by atoms with Gasteiger partial charge in [0.25, 0.3) is 0 Å². The first-order chi connectivity index (χ1) is 20.5. The van der Waals surface area contributed by atoms with E-state index in [9.17, 15) is 4.79 Å². The van der Waals surface area contributed by atoms with Crippen LogP contribution in [0, 0.1) is 0 Å². The van der Waals surface area contributed by atoms with Crippen molar-refractivity contribution in [3.8, 4) is 44.9 Å². The molecule has 0 fully saturated rings. The zero-order valence-electron chi connectivity index (χ0n) is 24.3. The molecule has 1 N–H and O–H groups in total. The Balaban J connectivity index is 1.51. The molecule has 0 atom stereocenters. The van der Waals surface area contributed by atoms with Gasteiger partial charge in [0.05, 0.1) is 19.3 Å². The van der Waals surface area contributed by atoms with E-state index in [1.165, 1.54) is 55.0 Å². The number of aliphatic hydroxyl groups excluding tert-OH is 1. The molecule has 0 aromatic heterocycles. The van der Waals surface area contributed by atoms with Crippen molar-refractivity contribution in [2.45, 2.75) is 45.4 Å². The fourth-order valence-electron chi connectivity index (χ4n) is 4.73. The summed E-state index contributed by atoms with van der Waals surface area (Å²) in [6.45, 7) is 5.17. The van der Waals surface area contributed by atoms with E-state index in [2.05, 4.69) is 68.1 Å². The molecule has 0 saturated carbocycles. The van der Waals surface area contributed by atoms with Crippen molar-refractivity contribution < 1.29 is 29.5 Å². The number of hydrogen-bond donors (Lipinski definition) is 1. The summed E-state index contributed by atoms with van der Waals surface area (Å²) < 4.78 is 0. The topological polar surface area (TPSA) is 74.2 Å². The lowest BCUT2D eigenvalue weighted by Gasteiger charge is -2.14. The van der Waals surface area contributed by atoms with Crippen LogP contribution in [0.4, 0.5) is 0 Å². The van der Waals surface area contributed by atoms with Crippen molar-refractivity contribution in [3.63, 3.8) is 0 Å². The molecule has 0 saturated heterocycles. The molecule has 6 nitrogen and oxygen atoms in total. The van der Waals surface area contributed by atoms with Gasteiger partial charge < -0.3 is 9.99 Å². The maximum Gasteiger partial charge on any atom is 0.383 e. The molecule has 42 heavy (non-hydrogen) atoms. The van der Waals surface area contributed by atoms with Crippen LogP contribution in [0.3, 0.4) is 0 Å². The van der Waals surface area contributed by atoms with E-state index in [-0.39, 0.29) is 5.57 Å². The van der Waals surface area contributed by atoms with Gasteiger partial charge in [0, 0.05) is 0 Å². The van der Waals surface area contributed by atoms with Crippen molar-refractivity contribution >= 4 is 5.97 Å². The standard InChI is InChI=1S/C36H38O6/c1-4-5-6-7-8-9-32-24-31(29-16-19-33(20-17-29)40-39-3)18-23-35(32)30-12-10-27(11-13-30)28-14-21-34(22-15-28)41-42-36(38)26(2)25-37/h10-24,37H,2,4-9,25H2,1,3H3. The second-order valence-electron chi connectivity index (χ2n) is 10.1. The highest BCUT2D eigenvalue weighted by Crippen LogP contribution is 2.33. The van der Waals surface area contributed by atoms with Crippen LogP contribution in [0.15, 0.2) is 103 Å². The minimum atomic E-state index is -0.805. The van der Waals surface area contributed by atoms with E-state index in [1.807, 2.05) is 24.3 Å². The maximum atomic E-state index is 11.6. The highest BCUT2D eigenvalue weighted by molar-refractivity contribution is 5.87. The van der Waals surface area contributed by atoms with Crippen molar-refractivity contribution in [1.29, 1.82) is 0 Å². The Morgan fingerprint density at radius 1 is 0.690 bits per heavy atom. The van der Waals surface area contributed by atoms with Crippen LogP contribution in [-0.4, -0.2) is 24.8 Å². The van der Waals surface area contributed by atoms with E-state index in [4.69, 9.17) is 24.7 Å². The van der Waals surface area contributed by atoms with Gasteiger partial charge in [-0.2, -0.15) is 4.89 Å². The summed E-state index contributed by atoms with van der Waals surface area (Å²) in [5, 5.41) is 8.96. The van der Waals surface area contributed by atoms with Crippen molar-refractivity contribution in [3.05, 3.63) is 109 Å². The molecule has 0 aliphatic heterocycles. The van der Waals surface area contributed by atoms with Crippen molar-refractivity contribution in [1.82, 2.24) is 0 Å². The number of unbranched alkanes of at least 4 members (excludes halogenated alkanes) is 4. The molecule has 0 aliphatic carbocycles. The molecule has 4 aromatic carbocycles. The van der Waals surface area contributed by atoms with Gasteiger partial charge in [0.15, 0.2) is 11.5 Å².